The van der Waals surface area contributed by atoms with Gasteiger partial charge in [0.1, 0.15) is 13.2 Å². The van der Waals surface area contributed by atoms with Gasteiger partial charge in [-0.25, -0.2) is 0 Å². The van der Waals surface area contributed by atoms with Crippen LogP contribution in [0.1, 0.15) is 168 Å². The van der Waals surface area contributed by atoms with Crippen LogP contribution in [-0.4, -0.2) is 37.2 Å². The number of allylic oxidation sites excluding steroid dienone is 22. The fraction of sp³-hybridized carbons (Fsp3) is 0.537. The van der Waals surface area contributed by atoms with Gasteiger partial charge in [-0.15, -0.1) is 0 Å². The zero-order valence-corrected chi connectivity index (χ0v) is 37.9. The van der Waals surface area contributed by atoms with E-state index in [9.17, 15) is 14.4 Å². The van der Waals surface area contributed by atoms with Gasteiger partial charge < -0.3 is 14.2 Å². The highest BCUT2D eigenvalue weighted by molar-refractivity contribution is 5.71. The van der Waals surface area contributed by atoms with E-state index in [0.29, 0.717) is 19.3 Å². The normalized spacial score (nSPS) is 13.3. The van der Waals surface area contributed by atoms with Gasteiger partial charge in [-0.05, 0) is 103 Å². The van der Waals surface area contributed by atoms with Gasteiger partial charge in [-0.2, -0.15) is 0 Å². The predicted octanol–water partition coefficient (Wildman–Crippen LogP) is 15.1. The lowest BCUT2D eigenvalue weighted by atomic mass is 10.1. The molecular weight excluding hydrogens is 745 g/mol. The maximum absolute atomic E-state index is 12.7. The Morgan fingerprint density at radius 3 is 1.22 bits per heavy atom. The van der Waals surface area contributed by atoms with Crippen molar-refractivity contribution in [3.63, 3.8) is 0 Å². The van der Waals surface area contributed by atoms with Gasteiger partial charge in [0.05, 0.1) is 0 Å². The molecule has 6 heteroatoms. The Morgan fingerprint density at radius 1 is 0.350 bits per heavy atom. The Labute approximate surface area is 366 Å². The van der Waals surface area contributed by atoms with E-state index in [4.69, 9.17) is 14.2 Å². The van der Waals surface area contributed by atoms with Crippen LogP contribution in [-0.2, 0) is 28.6 Å². The van der Waals surface area contributed by atoms with Crippen LogP contribution in [0.2, 0.25) is 0 Å². The molecule has 0 saturated carbocycles. The van der Waals surface area contributed by atoms with Crippen molar-refractivity contribution in [2.75, 3.05) is 13.2 Å². The Morgan fingerprint density at radius 2 is 0.700 bits per heavy atom. The molecule has 1 atom stereocenters. The average molecular weight is 827 g/mol. The number of esters is 3. The summed E-state index contributed by atoms with van der Waals surface area (Å²) in [5.74, 6) is -1.05. The van der Waals surface area contributed by atoms with Gasteiger partial charge in [-0.3, -0.25) is 14.4 Å². The molecule has 6 nitrogen and oxygen atoms in total. The van der Waals surface area contributed by atoms with Gasteiger partial charge in [0, 0.05) is 19.3 Å². The van der Waals surface area contributed by atoms with Crippen molar-refractivity contribution >= 4 is 17.9 Å². The van der Waals surface area contributed by atoms with Crippen LogP contribution in [0.5, 0.6) is 0 Å². The van der Waals surface area contributed by atoms with Crippen LogP contribution in [0.4, 0.5) is 0 Å². The second-order valence-corrected chi connectivity index (χ2v) is 14.6. The fourth-order valence-corrected chi connectivity index (χ4v) is 5.58. The zero-order chi connectivity index (χ0) is 43.7. The molecule has 60 heavy (non-hydrogen) atoms. The first-order chi connectivity index (χ1) is 29.5. The van der Waals surface area contributed by atoms with E-state index in [2.05, 4.69) is 118 Å². The van der Waals surface area contributed by atoms with Crippen molar-refractivity contribution in [3.8, 4) is 0 Å². The summed E-state index contributed by atoms with van der Waals surface area (Å²) in [5.41, 5.74) is 0. The van der Waals surface area contributed by atoms with E-state index in [0.717, 1.165) is 116 Å². The topological polar surface area (TPSA) is 78.9 Å². The van der Waals surface area contributed by atoms with E-state index >= 15 is 0 Å². The Kier molecular flexibility index (Phi) is 43.7. The lowest BCUT2D eigenvalue weighted by Gasteiger charge is -2.18. The highest BCUT2D eigenvalue weighted by Gasteiger charge is 2.19. The Balaban J connectivity index is 4.59. The van der Waals surface area contributed by atoms with Crippen LogP contribution in [0.15, 0.2) is 134 Å². The van der Waals surface area contributed by atoms with Crippen LogP contribution in [0.3, 0.4) is 0 Å². The number of carbonyl (C=O) groups excluding carboxylic acids is 3. The lowest BCUT2D eigenvalue weighted by molar-refractivity contribution is -0.167. The average Bonchev–Trinajstić information content (AvgIpc) is 3.24. The minimum atomic E-state index is -0.830. The summed E-state index contributed by atoms with van der Waals surface area (Å²) in [4.78, 5) is 37.8. The van der Waals surface area contributed by atoms with Crippen molar-refractivity contribution in [1.29, 1.82) is 0 Å². The molecule has 0 aromatic heterocycles. The zero-order valence-electron chi connectivity index (χ0n) is 37.9. The first kappa shape index (κ1) is 55.5. The van der Waals surface area contributed by atoms with Gasteiger partial charge in [0.25, 0.3) is 0 Å². The summed E-state index contributed by atoms with van der Waals surface area (Å²) in [7, 11) is 0. The van der Waals surface area contributed by atoms with Crippen molar-refractivity contribution in [1.82, 2.24) is 0 Å². The number of unbranched alkanes of at least 4 members (excludes halogenated alkanes) is 9. The monoisotopic (exact) mass is 827 g/mol. The molecule has 0 N–H and O–H groups in total. The van der Waals surface area contributed by atoms with Crippen molar-refractivity contribution in [2.24, 2.45) is 0 Å². The Bertz CT molecular complexity index is 1370. The van der Waals surface area contributed by atoms with Crippen molar-refractivity contribution < 1.29 is 28.6 Å². The maximum Gasteiger partial charge on any atom is 0.306 e. The molecule has 0 aromatic rings. The molecule has 0 fully saturated rings. The maximum atomic E-state index is 12.7. The third kappa shape index (κ3) is 44.6. The molecule has 0 rings (SSSR count). The van der Waals surface area contributed by atoms with Crippen LogP contribution >= 0.6 is 0 Å². The summed E-state index contributed by atoms with van der Waals surface area (Å²) >= 11 is 0. The summed E-state index contributed by atoms with van der Waals surface area (Å²) < 4.78 is 16.6. The van der Waals surface area contributed by atoms with Gasteiger partial charge in [0.2, 0.25) is 0 Å². The minimum Gasteiger partial charge on any atom is -0.462 e. The van der Waals surface area contributed by atoms with E-state index < -0.39 is 6.10 Å². The van der Waals surface area contributed by atoms with E-state index in [-0.39, 0.29) is 44.0 Å². The quantitative estimate of drug-likeness (QED) is 0.0202. The number of ether oxygens (including phenoxy) is 3. The molecule has 334 valence electrons. The highest BCUT2D eigenvalue weighted by Crippen LogP contribution is 2.11. The molecule has 0 bridgehead atoms. The highest BCUT2D eigenvalue weighted by atomic mass is 16.6. The second kappa shape index (κ2) is 47.2. The van der Waals surface area contributed by atoms with E-state index in [1.165, 1.54) is 0 Å². The lowest BCUT2D eigenvalue weighted by Crippen LogP contribution is -2.30. The molecule has 0 saturated heterocycles. The van der Waals surface area contributed by atoms with E-state index in [1.54, 1.807) is 0 Å². The molecule has 0 amide bonds. The molecule has 0 aliphatic heterocycles. The number of hydrogen-bond acceptors (Lipinski definition) is 6. The first-order valence-corrected chi connectivity index (χ1v) is 23.2. The Hall–Kier alpha value is -4.45. The SMILES string of the molecule is CC\C=C/C=C\C=C/C=C\CCCCCC(=O)OC(COC(=O)CCC/C=C\C/C=C\C/C=C\C/C=C\C/C=C\CC)COC(=O)CCCCCCC/C=C\C/C=C\CC. The van der Waals surface area contributed by atoms with E-state index in [1.807, 2.05) is 36.5 Å². The predicted molar refractivity (Wildman–Crippen MR) is 256 cm³/mol. The smallest absolute Gasteiger partial charge is 0.306 e. The fourth-order valence-electron chi connectivity index (χ4n) is 5.58. The first-order valence-electron chi connectivity index (χ1n) is 23.2. The minimum absolute atomic E-state index is 0.125. The standard InChI is InChI=1S/C54H82O6/c1-4-7-10-13-16-19-22-25-26-27-28-30-32-35-38-41-44-47-53(56)59-50-51(49-58-52(55)46-43-40-37-34-31-24-21-18-15-12-9-6-3)60-54(57)48-45-42-39-36-33-29-23-20-17-14-11-8-5-2/h7-12,14,16-21,23,25-26,28-30,33,35,38,51H,4-6,13,15,22,24,27,31-32,34,36-37,39-50H2,1-3H3/b10-7-,11-8-,12-9-,17-14-,19-16-,21-18-,23-20-,26-25-,30-28-,33-29-,38-35-. The number of hydrogen-bond donors (Lipinski definition) is 0. The summed E-state index contributed by atoms with van der Waals surface area (Å²) in [6, 6.07) is 0. The molecule has 0 spiro atoms. The van der Waals surface area contributed by atoms with Crippen LogP contribution in [0, 0.1) is 0 Å². The summed E-state index contributed by atoms with van der Waals surface area (Å²) in [5, 5.41) is 0. The van der Waals surface area contributed by atoms with Crippen LogP contribution in [0.25, 0.3) is 0 Å². The third-order valence-corrected chi connectivity index (χ3v) is 8.98. The van der Waals surface area contributed by atoms with Gasteiger partial charge in [0.15, 0.2) is 6.10 Å². The second-order valence-electron chi connectivity index (χ2n) is 14.6. The molecule has 0 aromatic carbocycles. The molecule has 0 heterocycles. The van der Waals surface area contributed by atoms with Crippen molar-refractivity contribution in [2.45, 2.75) is 175 Å². The molecule has 0 radical (unpaired) electrons. The van der Waals surface area contributed by atoms with Crippen molar-refractivity contribution in [3.05, 3.63) is 134 Å². The summed E-state index contributed by atoms with van der Waals surface area (Å²) in [6.45, 7) is 6.13. The largest absolute Gasteiger partial charge is 0.462 e. The molecule has 0 aliphatic rings. The third-order valence-electron chi connectivity index (χ3n) is 8.98. The van der Waals surface area contributed by atoms with Crippen LogP contribution < -0.4 is 0 Å². The summed E-state index contributed by atoms with van der Waals surface area (Å²) in [6.07, 6.45) is 65.8. The molecule has 1 unspecified atom stereocenters. The molecular formula is C54H82O6. The molecule has 0 aliphatic carbocycles. The number of carbonyl (C=O) groups is 3. The van der Waals surface area contributed by atoms with Gasteiger partial charge in [-0.1, -0.05) is 180 Å². The number of rotatable bonds is 39. The van der Waals surface area contributed by atoms with Gasteiger partial charge >= 0.3 is 17.9 Å².